The SMILES string of the molecule is CN(c1ccccc1)S(=O)(=O)c1ccc(Nc2ncc(C(F)(F)F)c(N[C@@H]3CCC[C@@H]3C(N)=O)n2)cc1. The molecule has 1 saturated carbocycles. The number of hydrogen-bond donors (Lipinski definition) is 3. The van der Waals surface area contributed by atoms with Gasteiger partial charge in [0.25, 0.3) is 10.0 Å². The molecule has 37 heavy (non-hydrogen) atoms. The van der Waals surface area contributed by atoms with E-state index in [4.69, 9.17) is 5.73 Å². The fourth-order valence-corrected chi connectivity index (χ4v) is 5.38. The second kappa shape index (κ2) is 10.2. The lowest BCUT2D eigenvalue weighted by Crippen LogP contribution is -2.35. The molecule has 1 aliphatic carbocycles. The predicted octanol–water partition coefficient (Wildman–Crippen LogP) is 4.13. The van der Waals surface area contributed by atoms with E-state index in [1.807, 2.05) is 0 Å². The Bertz CT molecular complexity index is 1370. The molecular formula is C24H25F3N6O3S. The van der Waals surface area contributed by atoms with Crippen LogP contribution in [0.5, 0.6) is 0 Å². The Kier molecular flexibility index (Phi) is 7.25. The maximum absolute atomic E-state index is 13.6. The number of aromatic nitrogens is 2. The molecule has 1 amide bonds. The number of hydrogen-bond acceptors (Lipinski definition) is 7. The molecule has 1 aromatic heterocycles. The molecule has 1 fully saturated rings. The van der Waals surface area contributed by atoms with Gasteiger partial charge >= 0.3 is 6.18 Å². The number of sulfonamides is 1. The molecule has 0 aliphatic heterocycles. The molecule has 9 nitrogen and oxygen atoms in total. The Morgan fingerprint density at radius 3 is 2.38 bits per heavy atom. The van der Waals surface area contributed by atoms with Gasteiger partial charge in [-0.1, -0.05) is 24.6 Å². The molecule has 1 heterocycles. The van der Waals surface area contributed by atoms with Crippen LogP contribution < -0.4 is 20.7 Å². The van der Waals surface area contributed by atoms with Crippen molar-refractivity contribution in [3.05, 3.63) is 66.4 Å². The molecule has 0 unspecified atom stereocenters. The summed E-state index contributed by atoms with van der Waals surface area (Å²) >= 11 is 0. The second-order valence-corrected chi connectivity index (χ2v) is 10.6. The molecule has 196 valence electrons. The van der Waals surface area contributed by atoms with Crippen molar-refractivity contribution in [2.45, 2.75) is 36.4 Å². The van der Waals surface area contributed by atoms with Crippen molar-refractivity contribution in [3.8, 4) is 0 Å². The Morgan fingerprint density at radius 2 is 1.76 bits per heavy atom. The number of anilines is 4. The van der Waals surface area contributed by atoms with Gasteiger partial charge in [-0.3, -0.25) is 9.10 Å². The zero-order valence-corrected chi connectivity index (χ0v) is 20.6. The summed E-state index contributed by atoms with van der Waals surface area (Å²) in [6, 6.07) is 13.6. The summed E-state index contributed by atoms with van der Waals surface area (Å²) in [5.74, 6) is -1.78. The van der Waals surface area contributed by atoms with Crippen molar-refractivity contribution < 1.29 is 26.4 Å². The lowest BCUT2D eigenvalue weighted by atomic mass is 10.0. The third kappa shape index (κ3) is 5.77. The molecular weight excluding hydrogens is 509 g/mol. The van der Waals surface area contributed by atoms with Gasteiger partial charge in [0.05, 0.1) is 16.5 Å². The molecule has 0 saturated heterocycles. The number of primary amides is 1. The number of carbonyl (C=O) groups is 1. The van der Waals surface area contributed by atoms with Crippen LogP contribution in [0.3, 0.4) is 0 Å². The first-order valence-electron chi connectivity index (χ1n) is 11.4. The van der Waals surface area contributed by atoms with Gasteiger partial charge in [-0.25, -0.2) is 13.4 Å². The zero-order valence-electron chi connectivity index (χ0n) is 19.7. The number of halogens is 3. The van der Waals surface area contributed by atoms with Crippen LogP contribution in [0.1, 0.15) is 24.8 Å². The lowest BCUT2D eigenvalue weighted by molar-refractivity contribution is -0.137. The van der Waals surface area contributed by atoms with Crippen LogP contribution in [0.15, 0.2) is 65.7 Å². The van der Waals surface area contributed by atoms with E-state index in [0.29, 0.717) is 36.8 Å². The van der Waals surface area contributed by atoms with E-state index in [2.05, 4.69) is 20.6 Å². The van der Waals surface area contributed by atoms with E-state index in [-0.39, 0.29) is 10.8 Å². The monoisotopic (exact) mass is 534 g/mol. The van der Waals surface area contributed by atoms with Gasteiger partial charge in [0.2, 0.25) is 11.9 Å². The van der Waals surface area contributed by atoms with Crippen molar-refractivity contribution in [2.24, 2.45) is 11.7 Å². The molecule has 0 radical (unpaired) electrons. The Labute approximate surface area is 212 Å². The zero-order chi connectivity index (χ0) is 26.8. The van der Waals surface area contributed by atoms with E-state index in [0.717, 1.165) is 4.31 Å². The summed E-state index contributed by atoms with van der Waals surface area (Å²) in [6.07, 6.45) is -2.45. The molecule has 4 N–H and O–H groups in total. The van der Waals surface area contributed by atoms with Crippen molar-refractivity contribution >= 4 is 39.1 Å². The number of benzene rings is 2. The standard InChI is InChI=1S/C24H25F3N6O3S/c1-33(16-6-3-2-4-7-16)37(35,36)17-12-10-15(11-13-17)30-23-29-14-19(24(25,26)27)22(32-23)31-20-9-5-8-18(20)21(28)34/h2-4,6-7,10-14,18,20H,5,8-9H2,1H3,(H2,28,34)(H2,29,30,31,32)/t18-,20+/m0/s1. The first kappa shape index (κ1) is 26.2. The number of para-hydroxylation sites is 1. The largest absolute Gasteiger partial charge is 0.421 e. The summed E-state index contributed by atoms with van der Waals surface area (Å²) < 4.78 is 67.8. The van der Waals surface area contributed by atoms with Crippen LogP contribution >= 0.6 is 0 Å². The average molecular weight is 535 g/mol. The molecule has 3 aromatic rings. The van der Waals surface area contributed by atoms with E-state index in [1.54, 1.807) is 30.3 Å². The third-order valence-corrected chi connectivity index (χ3v) is 7.99. The lowest BCUT2D eigenvalue weighted by Gasteiger charge is -2.22. The van der Waals surface area contributed by atoms with Gasteiger partial charge in [-0.15, -0.1) is 0 Å². The normalized spacial score (nSPS) is 17.8. The molecule has 0 spiro atoms. The number of nitrogens with two attached hydrogens (primary N) is 1. The van der Waals surface area contributed by atoms with E-state index < -0.39 is 45.4 Å². The number of rotatable bonds is 8. The van der Waals surface area contributed by atoms with Crippen LogP contribution in [0.4, 0.5) is 36.3 Å². The van der Waals surface area contributed by atoms with Gasteiger partial charge in [0.15, 0.2) is 0 Å². The van der Waals surface area contributed by atoms with Crippen LogP contribution in [0, 0.1) is 5.92 Å². The summed E-state index contributed by atoms with van der Waals surface area (Å²) in [4.78, 5) is 19.5. The smallest absolute Gasteiger partial charge is 0.369 e. The van der Waals surface area contributed by atoms with Crippen LogP contribution in [-0.2, 0) is 21.0 Å². The highest BCUT2D eigenvalue weighted by molar-refractivity contribution is 7.92. The van der Waals surface area contributed by atoms with Crippen LogP contribution in [0.2, 0.25) is 0 Å². The number of alkyl halides is 3. The quantitative estimate of drug-likeness (QED) is 0.396. The maximum Gasteiger partial charge on any atom is 0.421 e. The highest BCUT2D eigenvalue weighted by Crippen LogP contribution is 2.36. The summed E-state index contributed by atoms with van der Waals surface area (Å²) in [6.45, 7) is 0. The second-order valence-electron chi connectivity index (χ2n) is 8.60. The summed E-state index contributed by atoms with van der Waals surface area (Å²) in [5, 5.41) is 5.53. The predicted molar refractivity (Wildman–Crippen MR) is 133 cm³/mol. The van der Waals surface area contributed by atoms with Crippen LogP contribution in [-0.4, -0.2) is 37.4 Å². The highest BCUT2D eigenvalue weighted by Gasteiger charge is 2.38. The van der Waals surface area contributed by atoms with Gasteiger partial charge in [0, 0.05) is 25.0 Å². The Hall–Kier alpha value is -3.87. The van der Waals surface area contributed by atoms with E-state index in [9.17, 15) is 26.4 Å². The first-order chi connectivity index (χ1) is 17.5. The van der Waals surface area contributed by atoms with Gasteiger partial charge in [-0.2, -0.15) is 18.2 Å². The Morgan fingerprint density at radius 1 is 1.08 bits per heavy atom. The molecule has 2 atom stereocenters. The molecule has 13 heteroatoms. The number of nitrogens with one attached hydrogen (secondary N) is 2. The minimum Gasteiger partial charge on any atom is -0.369 e. The molecule has 4 rings (SSSR count). The molecule has 0 bridgehead atoms. The van der Waals surface area contributed by atoms with Crippen molar-refractivity contribution in [2.75, 3.05) is 22.0 Å². The molecule has 2 aromatic carbocycles. The first-order valence-corrected chi connectivity index (χ1v) is 12.8. The Balaban J connectivity index is 1.55. The number of carbonyl (C=O) groups excluding carboxylic acids is 1. The van der Waals surface area contributed by atoms with Crippen LogP contribution in [0.25, 0.3) is 0 Å². The van der Waals surface area contributed by atoms with E-state index in [1.165, 1.54) is 31.3 Å². The fourth-order valence-electron chi connectivity index (χ4n) is 4.18. The summed E-state index contributed by atoms with van der Waals surface area (Å²) in [7, 11) is -2.40. The van der Waals surface area contributed by atoms with E-state index >= 15 is 0 Å². The average Bonchev–Trinajstić information content (AvgIpc) is 3.32. The minimum atomic E-state index is -4.72. The number of amides is 1. The minimum absolute atomic E-state index is 0.0267. The van der Waals surface area contributed by atoms with Gasteiger partial charge in [-0.05, 0) is 49.2 Å². The third-order valence-electron chi connectivity index (χ3n) is 6.19. The summed E-state index contributed by atoms with van der Waals surface area (Å²) in [5.41, 5.74) is 5.18. The van der Waals surface area contributed by atoms with Gasteiger partial charge < -0.3 is 16.4 Å². The maximum atomic E-state index is 13.6. The van der Waals surface area contributed by atoms with Crippen molar-refractivity contribution in [1.82, 2.24) is 9.97 Å². The topological polar surface area (TPSA) is 130 Å². The highest BCUT2D eigenvalue weighted by atomic mass is 32.2. The number of nitrogens with zero attached hydrogens (tertiary/aromatic N) is 3. The van der Waals surface area contributed by atoms with Gasteiger partial charge in [0.1, 0.15) is 11.4 Å². The molecule has 1 aliphatic rings. The van der Waals surface area contributed by atoms with Crippen molar-refractivity contribution in [1.29, 1.82) is 0 Å². The van der Waals surface area contributed by atoms with Crippen molar-refractivity contribution in [3.63, 3.8) is 0 Å². The fraction of sp³-hybridized carbons (Fsp3) is 0.292.